The summed E-state index contributed by atoms with van der Waals surface area (Å²) in [6.45, 7) is 0. The smallest absolute Gasteiger partial charge is 0.0991 e. The zero-order chi connectivity index (χ0) is 26.6. The van der Waals surface area contributed by atoms with E-state index in [0.29, 0.717) is 5.56 Å². The average Bonchev–Trinajstić information content (AvgIpc) is 3.00. The Kier molecular flexibility index (Phi) is 6.78. The number of nitriles is 1. The van der Waals surface area contributed by atoms with E-state index in [1.807, 2.05) is 54.7 Å². The largest absolute Gasteiger partial charge is 0.255 e. The zero-order valence-electron chi connectivity index (χ0n) is 21.1. The molecule has 6 aromatic rings. The first kappa shape index (κ1) is 24.4. The fourth-order valence-electron chi connectivity index (χ4n) is 4.68. The van der Waals surface area contributed by atoms with Gasteiger partial charge in [-0.3, -0.25) is 4.99 Å². The number of nitrogens with zero attached hydrogens (tertiary/aromatic N) is 2. The van der Waals surface area contributed by atoms with Gasteiger partial charge >= 0.3 is 0 Å². The molecule has 0 spiro atoms. The molecule has 0 amide bonds. The summed E-state index contributed by atoms with van der Waals surface area (Å²) in [6.07, 6.45) is 1.87. The van der Waals surface area contributed by atoms with Crippen LogP contribution in [0.15, 0.2) is 143 Å². The second kappa shape index (κ2) is 10.8. The number of thiol groups is 1. The van der Waals surface area contributed by atoms with Crippen LogP contribution in [-0.2, 0) is 0 Å². The van der Waals surface area contributed by atoms with Gasteiger partial charge in [0.1, 0.15) is 0 Å². The van der Waals surface area contributed by atoms with Gasteiger partial charge in [-0.05, 0) is 86.1 Å². The minimum absolute atomic E-state index is 0.674. The van der Waals surface area contributed by atoms with Gasteiger partial charge in [0.15, 0.2) is 0 Å². The van der Waals surface area contributed by atoms with Crippen molar-refractivity contribution in [2.75, 3.05) is 0 Å². The lowest BCUT2D eigenvalue weighted by molar-refractivity contribution is 1.39. The summed E-state index contributed by atoms with van der Waals surface area (Å²) in [6, 6.07) is 48.0. The highest BCUT2D eigenvalue weighted by atomic mass is 32.1. The molecule has 6 rings (SSSR count). The SMILES string of the molecule is N#Cc1ccc(-c2ccc(-c3ccc4cc(-c5ccc(/C=N/c6ccccc6S)cc5)ccc4c3)cc2)cc1. The normalized spacial score (nSPS) is 11.1. The molecule has 0 aromatic heterocycles. The number of fused-ring (bicyclic) bond motifs is 1. The molecule has 0 heterocycles. The maximum Gasteiger partial charge on any atom is 0.0991 e. The number of aliphatic imine (C=N–C) groups is 1. The van der Waals surface area contributed by atoms with Crippen LogP contribution in [0.5, 0.6) is 0 Å². The summed E-state index contributed by atoms with van der Waals surface area (Å²) >= 11 is 4.47. The van der Waals surface area contributed by atoms with Gasteiger partial charge in [-0.25, -0.2) is 0 Å². The lowest BCUT2D eigenvalue weighted by atomic mass is 9.96. The fraction of sp³-hybridized carbons (Fsp3) is 0. The number of rotatable bonds is 5. The molecule has 6 aromatic carbocycles. The van der Waals surface area contributed by atoms with Crippen LogP contribution >= 0.6 is 12.6 Å². The first-order chi connectivity index (χ1) is 19.2. The second-order valence-corrected chi connectivity index (χ2v) is 9.89. The van der Waals surface area contributed by atoms with Crippen molar-refractivity contribution in [3.63, 3.8) is 0 Å². The van der Waals surface area contributed by atoms with E-state index in [1.165, 1.54) is 33.0 Å². The molecular formula is C36H24N2S. The van der Waals surface area contributed by atoms with Crippen LogP contribution in [0.25, 0.3) is 44.2 Å². The van der Waals surface area contributed by atoms with Gasteiger partial charge in [0, 0.05) is 11.1 Å². The van der Waals surface area contributed by atoms with Crippen molar-refractivity contribution in [2.24, 2.45) is 4.99 Å². The highest BCUT2D eigenvalue weighted by molar-refractivity contribution is 7.80. The van der Waals surface area contributed by atoms with Gasteiger partial charge in [-0.1, -0.05) is 97.1 Å². The first-order valence-electron chi connectivity index (χ1n) is 12.7. The number of benzene rings is 6. The monoisotopic (exact) mass is 516 g/mol. The van der Waals surface area contributed by atoms with Crippen molar-refractivity contribution < 1.29 is 0 Å². The van der Waals surface area contributed by atoms with Gasteiger partial charge in [0.05, 0.1) is 17.3 Å². The fourth-order valence-corrected chi connectivity index (χ4v) is 4.89. The van der Waals surface area contributed by atoms with E-state index in [0.717, 1.165) is 27.3 Å². The highest BCUT2D eigenvalue weighted by Crippen LogP contribution is 2.30. The highest BCUT2D eigenvalue weighted by Gasteiger charge is 2.05. The minimum atomic E-state index is 0.674. The lowest BCUT2D eigenvalue weighted by Gasteiger charge is -2.09. The van der Waals surface area contributed by atoms with Crippen LogP contribution in [0.4, 0.5) is 5.69 Å². The molecule has 0 atom stereocenters. The molecule has 3 heteroatoms. The third-order valence-electron chi connectivity index (χ3n) is 6.88. The van der Waals surface area contributed by atoms with E-state index >= 15 is 0 Å². The molecule has 0 aliphatic rings. The lowest BCUT2D eigenvalue weighted by Crippen LogP contribution is -1.84. The first-order valence-corrected chi connectivity index (χ1v) is 13.2. The van der Waals surface area contributed by atoms with E-state index < -0.39 is 0 Å². The molecule has 0 aliphatic heterocycles. The predicted molar refractivity (Wildman–Crippen MR) is 166 cm³/mol. The van der Waals surface area contributed by atoms with E-state index in [-0.39, 0.29) is 0 Å². The van der Waals surface area contributed by atoms with E-state index in [9.17, 15) is 0 Å². The summed E-state index contributed by atoms with van der Waals surface area (Å²) in [7, 11) is 0. The Morgan fingerprint density at radius 3 is 1.54 bits per heavy atom. The molecule has 2 nitrogen and oxygen atoms in total. The van der Waals surface area contributed by atoms with Crippen molar-refractivity contribution in [3.8, 4) is 39.4 Å². The summed E-state index contributed by atoms with van der Waals surface area (Å²) in [4.78, 5) is 5.43. The van der Waals surface area contributed by atoms with Crippen LogP contribution in [0, 0.1) is 11.3 Å². The van der Waals surface area contributed by atoms with Crippen LogP contribution < -0.4 is 0 Å². The van der Waals surface area contributed by atoms with E-state index in [2.05, 4.69) is 109 Å². The third kappa shape index (κ3) is 5.38. The van der Waals surface area contributed by atoms with Crippen molar-refractivity contribution in [1.29, 1.82) is 5.26 Å². The molecule has 0 fully saturated rings. The van der Waals surface area contributed by atoms with Gasteiger partial charge < -0.3 is 0 Å². The van der Waals surface area contributed by atoms with Crippen LogP contribution in [0.3, 0.4) is 0 Å². The molecule has 0 unspecified atom stereocenters. The summed E-state index contributed by atoms with van der Waals surface area (Å²) in [5.74, 6) is 0. The Labute approximate surface area is 234 Å². The minimum Gasteiger partial charge on any atom is -0.255 e. The zero-order valence-corrected chi connectivity index (χ0v) is 22.0. The second-order valence-electron chi connectivity index (χ2n) is 9.41. The van der Waals surface area contributed by atoms with Gasteiger partial charge in [-0.2, -0.15) is 5.26 Å². The van der Waals surface area contributed by atoms with Crippen molar-refractivity contribution >= 4 is 35.3 Å². The Bertz CT molecular complexity index is 1840. The molecular weight excluding hydrogens is 492 g/mol. The van der Waals surface area contributed by atoms with Crippen molar-refractivity contribution in [1.82, 2.24) is 0 Å². The standard InChI is InChI=1S/C36H24N2S/c37-23-25-5-9-27(10-6-25)28-13-15-30(16-14-28)32-18-20-33-21-31(17-19-34(33)22-32)29-11-7-26(8-12-29)24-38-35-3-1-2-4-36(35)39/h1-22,24,39H/b38-24+. The molecule has 0 bridgehead atoms. The Morgan fingerprint density at radius 1 is 0.538 bits per heavy atom. The maximum atomic E-state index is 9.02. The number of hydrogen-bond donors (Lipinski definition) is 1. The van der Waals surface area contributed by atoms with Crippen molar-refractivity contribution in [2.45, 2.75) is 4.90 Å². The molecule has 0 saturated carbocycles. The van der Waals surface area contributed by atoms with Gasteiger partial charge in [0.25, 0.3) is 0 Å². The number of para-hydroxylation sites is 1. The summed E-state index contributed by atoms with van der Waals surface area (Å²) in [5.41, 5.74) is 9.55. The van der Waals surface area contributed by atoms with Gasteiger partial charge in [0.2, 0.25) is 0 Å². The Hall–Kier alpha value is -4.91. The molecule has 0 N–H and O–H groups in total. The van der Waals surface area contributed by atoms with E-state index in [4.69, 9.17) is 5.26 Å². The Morgan fingerprint density at radius 2 is 1.00 bits per heavy atom. The van der Waals surface area contributed by atoms with Crippen molar-refractivity contribution in [3.05, 3.63) is 145 Å². The maximum absolute atomic E-state index is 9.02. The third-order valence-corrected chi connectivity index (χ3v) is 7.26. The molecule has 0 saturated heterocycles. The molecule has 184 valence electrons. The molecule has 0 radical (unpaired) electrons. The molecule has 39 heavy (non-hydrogen) atoms. The van der Waals surface area contributed by atoms with E-state index in [1.54, 1.807) is 0 Å². The van der Waals surface area contributed by atoms with Crippen LogP contribution in [-0.4, -0.2) is 6.21 Å². The predicted octanol–water partition coefficient (Wildman–Crippen LogP) is 9.75. The van der Waals surface area contributed by atoms with Crippen LogP contribution in [0.1, 0.15) is 11.1 Å². The van der Waals surface area contributed by atoms with Gasteiger partial charge in [-0.15, -0.1) is 12.6 Å². The number of hydrogen-bond acceptors (Lipinski definition) is 3. The van der Waals surface area contributed by atoms with Crippen LogP contribution in [0.2, 0.25) is 0 Å². The average molecular weight is 517 g/mol. The summed E-state index contributed by atoms with van der Waals surface area (Å²) in [5, 5.41) is 11.4. The quantitative estimate of drug-likeness (QED) is 0.180. The Balaban J connectivity index is 1.20. The topological polar surface area (TPSA) is 36.1 Å². The summed E-state index contributed by atoms with van der Waals surface area (Å²) < 4.78 is 0. The molecule has 0 aliphatic carbocycles.